The van der Waals surface area contributed by atoms with Crippen LogP contribution >= 0.6 is 11.3 Å². The summed E-state index contributed by atoms with van der Waals surface area (Å²) in [6.07, 6.45) is 3.52. The van der Waals surface area contributed by atoms with Crippen molar-refractivity contribution in [3.05, 3.63) is 15.8 Å². The molecule has 1 saturated heterocycles. The fraction of sp³-hybridized carbons (Fsp3) is 0.667. The van der Waals surface area contributed by atoms with Crippen molar-refractivity contribution in [3.63, 3.8) is 0 Å². The van der Waals surface area contributed by atoms with Crippen molar-refractivity contribution >= 4 is 34.8 Å². The van der Waals surface area contributed by atoms with E-state index in [9.17, 15) is 19.5 Å². The van der Waals surface area contributed by atoms with Crippen LogP contribution in [0, 0.1) is 35.0 Å². The predicted molar refractivity (Wildman–Crippen MR) is 138 cm³/mol. The van der Waals surface area contributed by atoms with Gasteiger partial charge in [-0.25, -0.2) is 4.79 Å². The first-order chi connectivity index (χ1) is 16.5. The lowest BCUT2D eigenvalue weighted by Crippen LogP contribution is -2.48. The number of carbonyl (C=O) groups is 3. The number of rotatable bonds is 6. The smallest absolute Gasteiger partial charge is 0.348 e. The van der Waals surface area contributed by atoms with E-state index in [1.165, 1.54) is 0 Å². The van der Waals surface area contributed by atoms with E-state index >= 15 is 0 Å². The number of aromatic carboxylic acids is 1. The van der Waals surface area contributed by atoms with Crippen molar-refractivity contribution in [1.29, 1.82) is 0 Å². The molecule has 0 aromatic carbocycles. The summed E-state index contributed by atoms with van der Waals surface area (Å²) in [6, 6.07) is 1.71. The van der Waals surface area contributed by atoms with E-state index in [0.29, 0.717) is 42.8 Å². The van der Waals surface area contributed by atoms with Crippen LogP contribution in [0.15, 0.2) is 6.07 Å². The van der Waals surface area contributed by atoms with E-state index < -0.39 is 11.9 Å². The quantitative estimate of drug-likeness (QED) is 0.579. The summed E-state index contributed by atoms with van der Waals surface area (Å²) in [5.74, 6) is 4.97. The van der Waals surface area contributed by atoms with Crippen LogP contribution < -0.4 is 4.90 Å². The molecule has 8 heteroatoms. The molecule has 2 fully saturated rings. The molecule has 0 bridgehead atoms. The number of hydrogen-bond donors (Lipinski definition) is 1. The number of thiophene rings is 1. The van der Waals surface area contributed by atoms with Crippen LogP contribution in [0.5, 0.6) is 0 Å². The lowest BCUT2D eigenvalue weighted by Gasteiger charge is -2.34. The first-order valence-corrected chi connectivity index (χ1v) is 13.4. The molecule has 0 spiro atoms. The van der Waals surface area contributed by atoms with Gasteiger partial charge in [-0.05, 0) is 58.4 Å². The number of ether oxygens (including phenoxy) is 1. The Morgan fingerprint density at radius 1 is 1.20 bits per heavy atom. The number of nitrogens with zero attached hydrogens (tertiary/aromatic N) is 2. The minimum Gasteiger partial charge on any atom is -0.477 e. The van der Waals surface area contributed by atoms with Gasteiger partial charge in [-0.2, -0.15) is 0 Å². The zero-order chi connectivity index (χ0) is 25.8. The summed E-state index contributed by atoms with van der Waals surface area (Å²) in [7, 11) is 0. The van der Waals surface area contributed by atoms with Gasteiger partial charge in [0, 0.05) is 31.0 Å². The molecular formula is C27H38N2O5S. The van der Waals surface area contributed by atoms with E-state index in [1.807, 2.05) is 27.7 Å². The van der Waals surface area contributed by atoms with E-state index in [1.54, 1.807) is 15.9 Å². The average molecular weight is 503 g/mol. The van der Waals surface area contributed by atoms with E-state index in [0.717, 1.165) is 37.0 Å². The maximum absolute atomic E-state index is 13.8. The number of morpholine rings is 1. The lowest BCUT2D eigenvalue weighted by atomic mass is 9.82. The molecule has 1 N–H and O–H groups in total. The highest BCUT2D eigenvalue weighted by molar-refractivity contribution is 7.15. The number of hydrogen-bond acceptors (Lipinski definition) is 5. The Morgan fingerprint density at radius 2 is 1.83 bits per heavy atom. The molecule has 192 valence electrons. The average Bonchev–Trinajstić information content (AvgIpc) is 3.25. The van der Waals surface area contributed by atoms with Crippen molar-refractivity contribution in [3.8, 4) is 11.8 Å². The third kappa shape index (κ3) is 7.31. The third-order valence-corrected chi connectivity index (χ3v) is 7.62. The summed E-state index contributed by atoms with van der Waals surface area (Å²) < 4.78 is 5.36. The van der Waals surface area contributed by atoms with Crippen LogP contribution in [0.2, 0.25) is 0 Å². The van der Waals surface area contributed by atoms with Gasteiger partial charge in [0.2, 0.25) is 11.8 Å². The summed E-state index contributed by atoms with van der Waals surface area (Å²) in [6.45, 7) is 12.2. The van der Waals surface area contributed by atoms with Gasteiger partial charge in [0.15, 0.2) is 0 Å². The van der Waals surface area contributed by atoms with Crippen molar-refractivity contribution in [2.75, 3.05) is 37.7 Å². The summed E-state index contributed by atoms with van der Waals surface area (Å²) >= 11 is 1.09. The van der Waals surface area contributed by atoms with E-state index in [2.05, 4.69) is 18.8 Å². The van der Waals surface area contributed by atoms with Gasteiger partial charge in [-0.3, -0.25) is 9.59 Å². The van der Waals surface area contributed by atoms with Gasteiger partial charge in [-0.15, -0.1) is 11.3 Å². The first kappa shape index (κ1) is 27.2. The minimum atomic E-state index is -1.09. The van der Waals surface area contributed by atoms with Gasteiger partial charge in [0.1, 0.15) is 4.88 Å². The van der Waals surface area contributed by atoms with Crippen molar-refractivity contribution in [2.45, 2.75) is 60.3 Å². The first-order valence-electron chi connectivity index (χ1n) is 12.5. The topological polar surface area (TPSA) is 87.2 Å². The molecule has 2 aliphatic rings. The number of carbonyl (C=O) groups excluding carboxylic acids is 2. The zero-order valence-corrected chi connectivity index (χ0v) is 22.4. The van der Waals surface area contributed by atoms with E-state index in [4.69, 9.17) is 4.74 Å². The van der Waals surface area contributed by atoms with Gasteiger partial charge < -0.3 is 19.6 Å². The molecule has 1 aliphatic carbocycles. The summed E-state index contributed by atoms with van der Waals surface area (Å²) in [5.41, 5.74) is 0.118. The molecule has 7 nitrogen and oxygen atoms in total. The Balaban J connectivity index is 1.94. The highest BCUT2D eigenvalue weighted by Crippen LogP contribution is 2.35. The van der Waals surface area contributed by atoms with Crippen LogP contribution in [0.1, 0.15) is 74.9 Å². The van der Waals surface area contributed by atoms with Gasteiger partial charge in [0.25, 0.3) is 0 Å². The fourth-order valence-corrected chi connectivity index (χ4v) is 5.38. The highest BCUT2D eigenvalue weighted by atomic mass is 32.1. The maximum atomic E-state index is 13.8. The third-order valence-electron chi connectivity index (χ3n) is 6.59. The van der Waals surface area contributed by atoms with Gasteiger partial charge in [0.05, 0.1) is 29.7 Å². The Labute approximate surface area is 212 Å². The monoisotopic (exact) mass is 502 g/mol. The fourth-order valence-electron chi connectivity index (χ4n) is 4.53. The SMILES string of the molecule is CC(CN(c1cc(C#CC(C)(C)C)sc1C(=O)O)C(=O)[C@H]1CC[C@H](C)CC1)C(=O)N1CCOCC1. The molecule has 1 aliphatic heterocycles. The van der Waals surface area contributed by atoms with Crippen molar-refractivity contribution in [2.24, 2.45) is 23.2 Å². The van der Waals surface area contributed by atoms with Crippen LogP contribution in [0.4, 0.5) is 5.69 Å². The van der Waals surface area contributed by atoms with Crippen LogP contribution in [0.25, 0.3) is 0 Å². The Hall–Kier alpha value is -2.37. The van der Waals surface area contributed by atoms with Crippen molar-refractivity contribution < 1.29 is 24.2 Å². The summed E-state index contributed by atoms with van der Waals surface area (Å²) in [4.78, 5) is 43.1. The Kier molecular flexibility index (Phi) is 9.00. The van der Waals surface area contributed by atoms with Crippen molar-refractivity contribution in [1.82, 2.24) is 4.90 Å². The Bertz CT molecular complexity index is 985. The molecule has 1 saturated carbocycles. The number of carboxylic acids is 1. The minimum absolute atomic E-state index is 0.0387. The van der Waals surface area contributed by atoms with Crippen LogP contribution in [-0.2, 0) is 14.3 Å². The lowest BCUT2D eigenvalue weighted by molar-refractivity contribution is -0.138. The van der Waals surface area contributed by atoms with Gasteiger partial charge in [-0.1, -0.05) is 25.7 Å². The molecule has 1 unspecified atom stereocenters. The highest BCUT2D eigenvalue weighted by Gasteiger charge is 2.34. The molecule has 35 heavy (non-hydrogen) atoms. The molecule has 1 aromatic rings. The number of carboxylic acid groups (broad SMARTS) is 1. The molecule has 2 heterocycles. The molecular weight excluding hydrogens is 464 g/mol. The maximum Gasteiger partial charge on any atom is 0.348 e. The molecule has 2 amide bonds. The second-order valence-corrected chi connectivity index (χ2v) is 11.9. The number of anilines is 1. The Morgan fingerprint density at radius 3 is 2.40 bits per heavy atom. The normalized spacial score (nSPS) is 21.6. The second kappa shape index (κ2) is 11.6. The standard InChI is InChI=1S/C27H38N2O5S/c1-18-6-8-20(9-7-18)25(31)29(17-19(2)24(30)28-12-14-34-15-13-28)22-16-21(10-11-27(3,4)5)35-23(22)26(32)33/h16,18-20H,6-9,12-15,17H2,1-5H3,(H,32,33)/t18-,19?,20-. The predicted octanol–water partition coefficient (Wildman–Crippen LogP) is 4.50. The zero-order valence-electron chi connectivity index (χ0n) is 21.6. The molecule has 1 atom stereocenters. The van der Waals surface area contributed by atoms with Crippen LogP contribution in [-0.4, -0.2) is 60.6 Å². The molecule has 0 radical (unpaired) electrons. The largest absolute Gasteiger partial charge is 0.477 e. The van der Waals surface area contributed by atoms with Crippen LogP contribution in [0.3, 0.4) is 0 Å². The second-order valence-electron chi connectivity index (χ2n) is 10.9. The summed E-state index contributed by atoms with van der Waals surface area (Å²) in [5, 5.41) is 9.97. The molecule has 3 rings (SSSR count). The molecule has 1 aromatic heterocycles. The number of amides is 2. The van der Waals surface area contributed by atoms with E-state index in [-0.39, 0.29) is 34.6 Å². The van der Waals surface area contributed by atoms with Gasteiger partial charge >= 0.3 is 5.97 Å².